The van der Waals surface area contributed by atoms with Crippen LogP contribution in [0.15, 0.2) is 54.0 Å². The maximum Gasteiger partial charge on any atom is 0.273 e. The average Bonchev–Trinajstić information content (AvgIpc) is 3.29. The molecule has 0 atom stereocenters. The number of nitrogens with one attached hydrogen (secondary N) is 1. The Morgan fingerprint density at radius 1 is 1.14 bits per heavy atom. The van der Waals surface area contributed by atoms with E-state index in [2.05, 4.69) is 10.3 Å². The molecule has 8 heteroatoms. The molecule has 28 heavy (non-hydrogen) atoms. The zero-order valence-electron chi connectivity index (χ0n) is 15.1. The van der Waals surface area contributed by atoms with Crippen molar-refractivity contribution in [3.63, 3.8) is 0 Å². The van der Waals surface area contributed by atoms with Crippen LogP contribution in [0.5, 0.6) is 11.5 Å². The molecular weight excluding hydrogens is 381 g/mol. The van der Waals surface area contributed by atoms with E-state index in [9.17, 15) is 9.18 Å². The third-order valence-corrected chi connectivity index (χ3v) is 5.08. The molecule has 4 aromatic rings. The van der Waals surface area contributed by atoms with E-state index < -0.39 is 0 Å². The Labute approximate surface area is 164 Å². The normalized spacial score (nSPS) is 10.8. The van der Waals surface area contributed by atoms with Gasteiger partial charge in [0.1, 0.15) is 23.0 Å². The molecule has 142 valence electrons. The van der Waals surface area contributed by atoms with Gasteiger partial charge in [-0.1, -0.05) is 0 Å². The molecule has 0 radical (unpaired) electrons. The quantitative estimate of drug-likeness (QED) is 0.540. The number of halogens is 1. The molecule has 2 aromatic carbocycles. The Hall–Kier alpha value is -3.39. The summed E-state index contributed by atoms with van der Waals surface area (Å²) in [7, 11) is 3.09. The highest BCUT2D eigenvalue weighted by molar-refractivity contribution is 7.15. The number of nitrogens with zero attached hydrogens (tertiary/aromatic N) is 2. The standard InChI is InChI=1S/C20H16FN3O3S/c1-26-14-7-8-15(18(9-14)27-2)22-19(25)17-11-28-20-23-16(10-24(17)20)12-3-5-13(21)6-4-12/h3-11H,1-2H3,(H,22,25). The summed E-state index contributed by atoms with van der Waals surface area (Å²) >= 11 is 1.35. The van der Waals surface area contributed by atoms with Crippen LogP contribution in [0.3, 0.4) is 0 Å². The number of imidazole rings is 1. The third kappa shape index (κ3) is 3.29. The number of carbonyl (C=O) groups is 1. The van der Waals surface area contributed by atoms with Gasteiger partial charge in [0, 0.05) is 23.2 Å². The number of anilines is 1. The van der Waals surface area contributed by atoms with Crippen molar-refractivity contribution in [3.8, 4) is 22.8 Å². The van der Waals surface area contributed by atoms with Gasteiger partial charge in [-0.15, -0.1) is 11.3 Å². The lowest BCUT2D eigenvalue weighted by atomic mass is 10.2. The minimum absolute atomic E-state index is 0.294. The van der Waals surface area contributed by atoms with E-state index in [1.807, 2.05) is 0 Å². The second-order valence-corrected chi connectivity index (χ2v) is 6.76. The Morgan fingerprint density at radius 3 is 2.64 bits per heavy atom. The second kappa shape index (κ2) is 7.32. The molecule has 0 saturated carbocycles. The Bertz CT molecular complexity index is 1150. The first-order valence-corrected chi connectivity index (χ1v) is 9.23. The Morgan fingerprint density at radius 2 is 1.93 bits per heavy atom. The Kier molecular flexibility index (Phi) is 4.70. The molecule has 1 N–H and O–H groups in total. The lowest BCUT2D eigenvalue weighted by molar-refractivity contribution is 0.102. The van der Waals surface area contributed by atoms with Crippen molar-refractivity contribution >= 4 is 27.9 Å². The fraction of sp³-hybridized carbons (Fsp3) is 0.100. The predicted molar refractivity (Wildman–Crippen MR) is 106 cm³/mol. The van der Waals surface area contributed by atoms with Crippen LogP contribution in [-0.2, 0) is 0 Å². The van der Waals surface area contributed by atoms with E-state index in [-0.39, 0.29) is 11.7 Å². The largest absolute Gasteiger partial charge is 0.497 e. The van der Waals surface area contributed by atoms with Crippen LogP contribution in [0.4, 0.5) is 10.1 Å². The maximum absolute atomic E-state index is 13.1. The number of amides is 1. The molecule has 0 spiro atoms. The van der Waals surface area contributed by atoms with Gasteiger partial charge in [0.05, 0.1) is 25.6 Å². The number of methoxy groups -OCH3 is 2. The first-order valence-electron chi connectivity index (χ1n) is 8.35. The fourth-order valence-corrected chi connectivity index (χ4v) is 3.65. The molecule has 4 rings (SSSR count). The van der Waals surface area contributed by atoms with Crippen molar-refractivity contribution in [1.82, 2.24) is 9.38 Å². The fourth-order valence-electron chi connectivity index (χ4n) is 2.80. The van der Waals surface area contributed by atoms with Crippen molar-refractivity contribution < 1.29 is 18.7 Å². The highest BCUT2D eigenvalue weighted by atomic mass is 32.1. The van der Waals surface area contributed by atoms with E-state index in [1.165, 1.54) is 30.6 Å². The summed E-state index contributed by atoms with van der Waals surface area (Å²) < 4.78 is 25.4. The molecule has 0 fully saturated rings. The van der Waals surface area contributed by atoms with Crippen LogP contribution in [-0.4, -0.2) is 29.5 Å². The highest BCUT2D eigenvalue weighted by Gasteiger charge is 2.17. The number of ether oxygens (including phenoxy) is 2. The number of hydrogen-bond acceptors (Lipinski definition) is 5. The monoisotopic (exact) mass is 397 g/mol. The van der Waals surface area contributed by atoms with Crippen molar-refractivity contribution in [2.75, 3.05) is 19.5 Å². The molecule has 1 amide bonds. The average molecular weight is 397 g/mol. The van der Waals surface area contributed by atoms with Crippen LogP contribution in [0.2, 0.25) is 0 Å². The van der Waals surface area contributed by atoms with E-state index >= 15 is 0 Å². The predicted octanol–water partition coefficient (Wildman–Crippen LogP) is 4.47. The van der Waals surface area contributed by atoms with Gasteiger partial charge in [-0.25, -0.2) is 9.37 Å². The molecule has 2 heterocycles. The minimum atomic E-state index is -0.307. The summed E-state index contributed by atoms with van der Waals surface area (Å²) in [6.07, 6.45) is 1.76. The van der Waals surface area contributed by atoms with Gasteiger partial charge in [-0.2, -0.15) is 0 Å². The minimum Gasteiger partial charge on any atom is -0.497 e. The molecule has 0 bridgehead atoms. The summed E-state index contributed by atoms with van der Waals surface area (Å²) in [5.41, 5.74) is 2.42. The van der Waals surface area contributed by atoms with Gasteiger partial charge in [0.2, 0.25) is 0 Å². The molecular formula is C20H16FN3O3S. The van der Waals surface area contributed by atoms with Gasteiger partial charge < -0.3 is 14.8 Å². The second-order valence-electron chi connectivity index (χ2n) is 5.93. The number of benzene rings is 2. The van der Waals surface area contributed by atoms with Crippen molar-refractivity contribution in [2.45, 2.75) is 0 Å². The number of carbonyl (C=O) groups excluding carboxylic acids is 1. The zero-order chi connectivity index (χ0) is 19.7. The van der Waals surface area contributed by atoms with Crippen LogP contribution in [0.1, 0.15) is 10.5 Å². The maximum atomic E-state index is 13.1. The van der Waals surface area contributed by atoms with Crippen molar-refractivity contribution in [2.24, 2.45) is 0 Å². The van der Waals surface area contributed by atoms with Crippen LogP contribution < -0.4 is 14.8 Å². The van der Waals surface area contributed by atoms with E-state index in [1.54, 1.807) is 53.4 Å². The molecule has 0 aliphatic heterocycles. The van der Waals surface area contributed by atoms with Crippen molar-refractivity contribution in [3.05, 3.63) is 65.6 Å². The first kappa shape index (κ1) is 18.0. The Balaban J connectivity index is 1.64. The van der Waals surface area contributed by atoms with E-state index in [0.29, 0.717) is 33.5 Å². The van der Waals surface area contributed by atoms with Gasteiger partial charge in [-0.3, -0.25) is 9.20 Å². The number of fused-ring (bicyclic) bond motifs is 1. The first-order chi connectivity index (χ1) is 13.6. The number of hydrogen-bond donors (Lipinski definition) is 1. The van der Waals surface area contributed by atoms with Gasteiger partial charge in [0.15, 0.2) is 4.96 Å². The number of rotatable bonds is 5. The molecule has 6 nitrogen and oxygen atoms in total. The lowest BCUT2D eigenvalue weighted by Gasteiger charge is -2.11. The SMILES string of the molecule is COc1ccc(NC(=O)c2csc3nc(-c4ccc(F)cc4)cn23)c(OC)c1. The summed E-state index contributed by atoms with van der Waals surface area (Å²) in [5.74, 6) is 0.527. The summed E-state index contributed by atoms with van der Waals surface area (Å²) in [4.78, 5) is 18.0. The van der Waals surface area contributed by atoms with Crippen LogP contribution in [0.25, 0.3) is 16.2 Å². The van der Waals surface area contributed by atoms with Crippen LogP contribution >= 0.6 is 11.3 Å². The third-order valence-electron chi connectivity index (χ3n) is 4.24. The molecule has 0 saturated heterocycles. The number of thiazole rings is 1. The summed E-state index contributed by atoms with van der Waals surface area (Å²) in [5, 5.41) is 4.59. The lowest BCUT2D eigenvalue weighted by Crippen LogP contribution is -2.14. The number of aromatic nitrogens is 2. The zero-order valence-corrected chi connectivity index (χ0v) is 15.9. The van der Waals surface area contributed by atoms with Gasteiger partial charge in [0.25, 0.3) is 5.91 Å². The van der Waals surface area contributed by atoms with E-state index in [0.717, 1.165) is 5.56 Å². The molecule has 0 aliphatic carbocycles. The van der Waals surface area contributed by atoms with Crippen LogP contribution in [0, 0.1) is 5.82 Å². The van der Waals surface area contributed by atoms with Gasteiger partial charge in [-0.05, 0) is 36.4 Å². The summed E-state index contributed by atoms with van der Waals surface area (Å²) in [6, 6.07) is 11.2. The van der Waals surface area contributed by atoms with Crippen molar-refractivity contribution in [1.29, 1.82) is 0 Å². The smallest absolute Gasteiger partial charge is 0.273 e. The molecule has 0 unspecified atom stereocenters. The van der Waals surface area contributed by atoms with E-state index in [4.69, 9.17) is 9.47 Å². The topological polar surface area (TPSA) is 64.9 Å². The summed E-state index contributed by atoms with van der Waals surface area (Å²) in [6.45, 7) is 0. The molecule has 2 aromatic heterocycles. The van der Waals surface area contributed by atoms with Gasteiger partial charge >= 0.3 is 0 Å². The highest BCUT2D eigenvalue weighted by Crippen LogP contribution is 2.30. The molecule has 0 aliphatic rings.